The number of halogens is 2. The van der Waals surface area contributed by atoms with Crippen molar-refractivity contribution < 1.29 is 18.4 Å². The zero-order chi connectivity index (χ0) is 24.4. The van der Waals surface area contributed by atoms with Gasteiger partial charge in [0.1, 0.15) is 17.1 Å². The van der Waals surface area contributed by atoms with Gasteiger partial charge in [0.2, 0.25) is 5.91 Å². The van der Waals surface area contributed by atoms with Crippen LogP contribution in [-0.2, 0) is 17.9 Å². The van der Waals surface area contributed by atoms with E-state index in [-0.39, 0.29) is 30.2 Å². The molecule has 8 heteroatoms. The highest BCUT2D eigenvalue weighted by Crippen LogP contribution is 2.37. The lowest BCUT2D eigenvalue weighted by atomic mass is 9.87. The molecule has 0 spiro atoms. The summed E-state index contributed by atoms with van der Waals surface area (Å²) in [5, 5.41) is 3.36. The van der Waals surface area contributed by atoms with Gasteiger partial charge in [-0.15, -0.1) is 0 Å². The number of nitrogens with one attached hydrogen (secondary N) is 1. The van der Waals surface area contributed by atoms with Crippen molar-refractivity contribution in [1.29, 1.82) is 0 Å². The molecule has 2 aliphatic rings. The minimum atomic E-state index is -1.05. The number of aromatic nitrogens is 1. The molecule has 1 unspecified atom stereocenters. The second kappa shape index (κ2) is 10.3. The number of hydrogen-bond acceptors (Lipinski definition) is 3. The van der Waals surface area contributed by atoms with Gasteiger partial charge in [-0.3, -0.25) is 9.59 Å². The standard InChI is InChI=1S/C27H31FIN3O3/c28-20-10-8-19(9-11-20)17-32-25(33)23-16-24-22(12-15-35-24)31(23)18-27(32,13-14-29)26(34)30-21-6-4-2-1-3-5-7-21/h8-12,15-16,21H,1-7,13-14,17-18H2,(H,30,34). The largest absolute Gasteiger partial charge is 0.463 e. The van der Waals surface area contributed by atoms with Crippen LogP contribution in [-0.4, -0.2) is 37.3 Å². The smallest absolute Gasteiger partial charge is 0.271 e. The van der Waals surface area contributed by atoms with Crippen LogP contribution in [0, 0.1) is 5.82 Å². The molecule has 6 nitrogen and oxygen atoms in total. The van der Waals surface area contributed by atoms with Crippen molar-refractivity contribution in [2.24, 2.45) is 0 Å². The summed E-state index contributed by atoms with van der Waals surface area (Å²) in [5.74, 6) is -0.621. The number of benzene rings is 1. The maximum absolute atomic E-state index is 14.2. The summed E-state index contributed by atoms with van der Waals surface area (Å²) in [6.07, 6.45) is 9.96. The van der Waals surface area contributed by atoms with Crippen LogP contribution in [0.25, 0.3) is 11.1 Å². The van der Waals surface area contributed by atoms with Crippen LogP contribution in [0.1, 0.15) is 67.4 Å². The molecule has 0 saturated heterocycles. The lowest BCUT2D eigenvalue weighted by Crippen LogP contribution is -2.66. The Balaban J connectivity index is 1.54. The first kappa shape index (κ1) is 24.3. The van der Waals surface area contributed by atoms with Crippen molar-refractivity contribution in [3.63, 3.8) is 0 Å². The van der Waals surface area contributed by atoms with Crippen molar-refractivity contribution in [3.05, 3.63) is 59.7 Å². The van der Waals surface area contributed by atoms with E-state index in [0.29, 0.717) is 28.7 Å². The van der Waals surface area contributed by atoms with E-state index >= 15 is 0 Å². The molecule has 35 heavy (non-hydrogen) atoms. The molecule has 2 aromatic heterocycles. The number of nitrogens with zero attached hydrogens (tertiary/aromatic N) is 2. The molecule has 0 bridgehead atoms. The number of furan rings is 1. The Morgan fingerprint density at radius 1 is 1.11 bits per heavy atom. The van der Waals surface area contributed by atoms with Crippen molar-refractivity contribution >= 4 is 45.5 Å². The van der Waals surface area contributed by atoms with Crippen LogP contribution < -0.4 is 5.32 Å². The van der Waals surface area contributed by atoms with Crippen molar-refractivity contribution in [2.45, 2.75) is 76.0 Å². The molecule has 1 aromatic carbocycles. The highest BCUT2D eigenvalue weighted by molar-refractivity contribution is 14.1. The highest BCUT2D eigenvalue weighted by Gasteiger charge is 2.51. The average molecular weight is 591 g/mol. The molecule has 2 amide bonds. The first-order valence-electron chi connectivity index (χ1n) is 12.5. The number of carbonyl (C=O) groups excluding carboxylic acids is 2. The minimum Gasteiger partial charge on any atom is -0.463 e. The zero-order valence-corrected chi connectivity index (χ0v) is 21.9. The Kier molecular flexibility index (Phi) is 7.18. The van der Waals surface area contributed by atoms with E-state index in [9.17, 15) is 14.0 Å². The molecule has 3 aromatic rings. The van der Waals surface area contributed by atoms with Crippen LogP contribution in [0.15, 0.2) is 47.1 Å². The van der Waals surface area contributed by atoms with E-state index in [4.69, 9.17) is 4.42 Å². The number of fused-ring (bicyclic) bond motifs is 3. The quantitative estimate of drug-likeness (QED) is 0.290. The number of alkyl halides is 1. The van der Waals surface area contributed by atoms with Crippen LogP contribution in [0.4, 0.5) is 4.39 Å². The van der Waals surface area contributed by atoms with Crippen molar-refractivity contribution in [3.8, 4) is 0 Å². The second-order valence-corrected chi connectivity index (χ2v) is 10.9. The van der Waals surface area contributed by atoms with Crippen molar-refractivity contribution in [1.82, 2.24) is 14.8 Å². The van der Waals surface area contributed by atoms with E-state index in [2.05, 4.69) is 27.9 Å². The lowest BCUT2D eigenvalue weighted by molar-refractivity contribution is -0.135. The first-order chi connectivity index (χ1) is 17.0. The normalized spacial score (nSPS) is 21.5. The molecule has 1 aliphatic heterocycles. The fourth-order valence-electron chi connectivity index (χ4n) is 5.60. The van der Waals surface area contributed by atoms with Crippen LogP contribution >= 0.6 is 22.6 Å². The molecule has 186 valence electrons. The van der Waals surface area contributed by atoms with E-state index in [1.54, 1.807) is 29.4 Å². The SMILES string of the molecule is O=C1c2cc3occc3n2CC(CCI)(C(=O)NC2CCCCCCC2)N1Cc1ccc(F)cc1. The van der Waals surface area contributed by atoms with Gasteiger partial charge in [0.15, 0.2) is 5.58 Å². The molecule has 5 rings (SSSR count). The number of carbonyl (C=O) groups is 2. The summed E-state index contributed by atoms with van der Waals surface area (Å²) < 4.78 is 21.8. The Hall–Kier alpha value is -2.36. The van der Waals surface area contributed by atoms with Crippen LogP contribution in [0.5, 0.6) is 0 Å². The monoisotopic (exact) mass is 591 g/mol. The van der Waals surface area contributed by atoms with Gasteiger partial charge >= 0.3 is 0 Å². The van der Waals surface area contributed by atoms with E-state index in [1.165, 1.54) is 31.4 Å². The summed E-state index contributed by atoms with van der Waals surface area (Å²) >= 11 is 2.29. The molecule has 1 atom stereocenters. The van der Waals surface area contributed by atoms with Crippen molar-refractivity contribution in [2.75, 3.05) is 4.43 Å². The average Bonchev–Trinajstić information content (AvgIpc) is 3.42. The third kappa shape index (κ3) is 4.73. The maximum Gasteiger partial charge on any atom is 0.271 e. The highest BCUT2D eigenvalue weighted by atomic mass is 127. The van der Waals surface area contributed by atoms with Gasteiger partial charge in [-0.1, -0.05) is 66.8 Å². The molecule has 0 radical (unpaired) electrons. The zero-order valence-electron chi connectivity index (χ0n) is 19.8. The Labute approximate surface area is 218 Å². The molecule has 1 fully saturated rings. The van der Waals surface area contributed by atoms with E-state index in [0.717, 1.165) is 36.8 Å². The third-order valence-electron chi connectivity index (χ3n) is 7.55. The summed E-state index contributed by atoms with van der Waals surface area (Å²) in [7, 11) is 0. The summed E-state index contributed by atoms with van der Waals surface area (Å²) in [6, 6.07) is 9.89. The molecule has 3 heterocycles. The number of amides is 2. The fourth-order valence-corrected chi connectivity index (χ4v) is 6.49. The van der Waals surface area contributed by atoms with Gasteiger partial charge in [0, 0.05) is 29.1 Å². The van der Waals surface area contributed by atoms with Gasteiger partial charge in [-0.2, -0.15) is 0 Å². The van der Waals surface area contributed by atoms with Gasteiger partial charge in [-0.05, 0) is 37.0 Å². The molecule has 1 saturated carbocycles. The van der Waals surface area contributed by atoms with Gasteiger partial charge in [0.25, 0.3) is 5.91 Å². The third-order valence-corrected chi connectivity index (χ3v) is 8.09. The van der Waals surface area contributed by atoms with Crippen LogP contribution in [0.2, 0.25) is 0 Å². The Bertz CT molecular complexity index is 1200. The predicted molar refractivity (Wildman–Crippen MR) is 141 cm³/mol. The van der Waals surface area contributed by atoms with Crippen LogP contribution in [0.3, 0.4) is 0 Å². The molecular weight excluding hydrogens is 560 g/mol. The van der Waals surface area contributed by atoms with Gasteiger partial charge < -0.3 is 19.2 Å². The topological polar surface area (TPSA) is 67.5 Å². The maximum atomic E-state index is 14.2. The van der Waals surface area contributed by atoms with E-state index in [1.807, 2.05) is 10.6 Å². The summed E-state index contributed by atoms with van der Waals surface area (Å²) in [5.41, 5.74) is 1.72. The Morgan fingerprint density at radius 2 is 1.83 bits per heavy atom. The Morgan fingerprint density at radius 3 is 2.54 bits per heavy atom. The molecule has 1 aliphatic carbocycles. The number of rotatable bonds is 6. The predicted octanol–water partition coefficient (Wildman–Crippen LogP) is 5.82. The summed E-state index contributed by atoms with van der Waals surface area (Å²) in [4.78, 5) is 29.8. The van der Waals surface area contributed by atoms with E-state index < -0.39 is 5.54 Å². The first-order valence-corrected chi connectivity index (χ1v) is 14.0. The lowest BCUT2D eigenvalue weighted by Gasteiger charge is -2.47. The minimum absolute atomic E-state index is 0.0915. The molecular formula is C27H31FIN3O3. The number of hydrogen-bond donors (Lipinski definition) is 1. The second-order valence-electron chi connectivity index (χ2n) is 9.79. The molecule has 1 N–H and O–H groups in total. The van der Waals surface area contributed by atoms with Gasteiger partial charge in [-0.25, -0.2) is 4.39 Å². The fraction of sp³-hybridized carbons (Fsp3) is 0.481. The van der Waals surface area contributed by atoms with Gasteiger partial charge in [0.05, 0.1) is 18.3 Å². The summed E-state index contributed by atoms with van der Waals surface area (Å²) in [6.45, 7) is 0.597.